The number of benzene rings is 1. The van der Waals surface area contributed by atoms with Crippen molar-refractivity contribution in [1.29, 1.82) is 0 Å². The molecule has 144 valence electrons. The minimum absolute atomic E-state index is 0.120. The Morgan fingerprint density at radius 3 is 2.69 bits per heavy atom. The van der Waals surface area contributed by atoms with Crippen molar-refractivity contribution in [3.63, 3.8) is 0 Å². The van der Waals surface area contributed by atoms with Crippen molar-refractivity contribution in [2.45, 2.75) is 24.0 Å². The Kier molecular flexibility index (Phi) is 6.76. The second-order valence-electron chi connectivity index (χ2n) is 6.17. The Bertz CT molecular complexity index is 735. The number of rotatable bonds is 6. The minimum Gasteiger partial charge on any atom is -0.394 e. The molecule has 1 fully saturated rings. The van der Waals surface area contributed by atoms with Gasteiger partial charge in [0.2, 0.25) is 10.0 Å². The van der Waals surface area contributed by atoms with Gasteiger partial charge in [0.25, 0.3) is 0 Å². The third-order valence-electron chi connectivity index (χ3n) is 4.17. The van der Waals surface area contributed by atoms with E-state index in [4.69, 9.17) is 4.74 Å². The minimum atomic E-state index is -3.59. The number of morpholine rings is 1. The van der Waals surface area contributed by atoms with Crippen LogP contribution in [0.1, 0.15) is 6.92 Å². The van der Waals surface area contributed by atoms with Gasteiger partial charge in [0.05, 0.1) is 36.8 Å². The number of urea groups is 1. The van der Waals surface area contributed by atoms with E-state index in [1.54, 1.807) is 17.0 Å². The van der Waals surface area contributed by atoms with Gasteiger partial charge in [-0.05, 0) is 31.2 Å². The van der Waals surface area contributed by atoms with Gasteiger partial charge in [0, 0.05) is 19.3 Å². The van der Waals surface area contributed by atoms with Gasteiger partial charge in [0.1, 0.15) is 0 Å². The van der Waals surface area contributed by atoms with Crippen molar-refractivity contribution in [3.05, 3.63) is 36.9 Å². The van der Waals surface area contributed by atoms with E-state index in [0.717, 1.165) is 0 Å². The summed E-state index contributed by atoms with van der Waals surface area (Å²) >= 11 is 0. The van der Waals surface area contributed by atoms with Gasteiger partial charge in [-0.25, -0.2) is 13.2 Å². The first kappa shape index (κ1) is 20.4. The van der Waals surface area contributed by atoms with Crippen LogP contribution in [0.15, 0.2) is 41.8 Å². The van der Waals surface area contributed by atoms with Crippen LogP contribution in [0.4, 0.5) is 10.5 Å². The molecule has 0 radical (unpaired) electrons. The van der Waals surface area contributed by atoms with Crippen molar-refractivity contribution >= 4 is 21.7 Å². The molecule has 1 aliphatic rings. The van der Waals surface area contributed by atoms with Gasteiger partial charge in [0.15, 0.2) is 0 Å². The SMILES string of the molecule is C=CCN(C)S(=O)(=O)c1ccc(NC(=O)N2C[C@@H](CO)OC[C@H]2C)cc1. The first-order valence-electron chi connectivity index (χ1n) is 8.27. The lowest BCUT2D eigenvalue weighted by atomic mass is 10.2. The van der Waals surface area contributed by atoms with Crippen molar-refractivity contribution in [2.24, 2.45) is 0 Å². The van der Waals surface area contributed by atoms with Crippen LogP contribution in [0.3, 0.4) is 0 Å². The molecule has 0 bridgehead atoms. The summed E-state index contributed by atoms with van der Waals surface area (Å²) in [6.07, 6.45) is 1.11. The fourth-order valence-corrected chi connectivity index (χ4v) is 3.72. The van der Waals surface area contributed by atoms with E-state index in [1.807, 2.05) is 6.92 Å². The number of amides is 2. The Balaban J connectivity index is 2.07. The topological polar surface area (TPSA) is 99.2 Å². The van der Waals surface area contributed by atoms with Crippen molar-refractivity contribution in [1.82, 2.24) is 9.21 Å². The molecule has 1 heterocycles. The van der Waals surface area contributed by atoms with Gasteiger partial charge >= 0.3 is 6.03 Å². The number of ether oxygens (including phenoxy) is 1. The maximum atomic E-state index is 12.5. The van der Waals surface area contributed by atoms with E-state index in [2.05, 4.69) is 11.9 Å². The van der Waals surface area contributed by atoms with Gasteiger partial charge < -0.3 is 20.1 Å². The zero-order chi connectivity index (χ0) is 19.3. The lowest BCUT2D eigenvalue weighted by Crippen LogP contribution is -2.53. The third kappa shape index (κ3) is 4.61. The van der Waals surface area contributed by atoms with E-state index in [-0.39, 0.29) is 30.1 Å². The largest absolute Gasteiger partial charge is 0.394 e. The quantitative estimate of drug-likeness (QED) is 0.717. The fourth-order valence-electron chi connectivity index (χ4n) is 2.58. The molecule has 9 heteroatoms. The van der Waals surface area contributed by atoms with E-state index < -0.39 is 16.1 Å². The molecule has 0 unspecified atom stereocenters. The van der Waals surface area contributed by atoms with E-state index in [0.29, 0.717) is 18.8 Å². The molecule has 0 aromatic heterocycles. The van der Waals surface area contributed by atoms with Crippen LogP contribution in [0.25, 0.3) is 0 Å². The lowest BCUT2D eigenvalue weighted by Gasteiger charge is -2.37. The highest BCUT2D eigenvalue weighted by Crippen LogP contribution is 2.19. The number of hydrogen-bond donors (Lipinski definition) is 2. The molecule has 1 saturated heterocycles. The number of anilines is 1. The monoisotopic (exact) mass is 383 g/mol. The average molecular weight is 383 g/mol. The molecule has 1 aromatic rings. The number of nitrogens with zero attached hydrogens (tertiary/aromatic N) is 2. The molecular weight excluding hydrogens is 358 g/mol. The van der Waals surface area contributed by atoms with Crippen molar-refractivity contribution in [2.75, 3.05) is 38.7 Å². The Morgan fingerprint density at radius 2 is 2.12 bits per heavy atom. The van der Waals surface area contributed by atoms with Gasteiger partial charge in [-0.1, -0.05) is 6.08 Å². The molecular formula is C17H25N3O5S. The zero-order valence-corrected chi connectivity index (χ0v) is 15.8. The average Bonchev–Trinajstić information content (AvgIpc) is 2.62. The molecule has 0 aliphatic carbocycles. The highest BCUT2D eigenvalue weighted by Gasteiger charge is 2.29. The molecule has 1 aromatic carbocycles. The summed E-state index contributed by atoms with van der Waals surface area (Å²) < 4.78 is 31.3. The highest BCUT2D eigenvalue weighted by molar-refractivity contribution is 7.89. The number of likely N-dealkylation sites (N-methyl/N-ethyl adjacent to an activating group) is 1. The molecule has 1 aliphatic heterocycles. The van der Waals surface area contributed by atoms with Gasteiger partial charge in [-0.2, -0.15) is 4.31 Å². The number of carbonyl (C=O) groups excluding carboxylic acids is 1. The first-order chi connectivity index (χ1) is 12.3. The first-order valence-corrected chi connectivity index (χ1v) is 9.71. The number of sulfonamides is 1. The fraction of sp³-hybridized carbons (Fsp3) is 0.471. The predicted octanol–water partition coefficient (Wildman–Crippen LogP) is 1.11. The molecule has 26 heavy (non-hydrogen) atoms. The van der Waals surface area contributed by atoms with Crippen molar-refractivity contribution in [3.8, 4) is 0 Å². The number of nitrogens with one attached hydrogen (secondary N) is 1. The van der Waals surface area contributed by atoms with Crippen LogP contribution < -0.4 is 5.32 Å². The second-order valence-corrected chi connectivity index (χ2v) is 8.21. The third-order valence-corrected chi connectivity index (χ3v) is 6.01. The van der Waals surface area contributed by atoms with Gasteiger partial charge in [-0.15, -0.1) is 6.58 Å². The summed E-state index contributed by atoms with van der Waals surface area (Å²) in [7, 11) is -2.12. The van der Waals surface area contributed by atoms with Crippen LogP contribution in [0, 0.1) is 0 Å². The van der Waals surface area contributed by atoms with Gasteiger partial charge in [-0.3, -0.25) is 0 Å². The number of aliphatic hydroxyl groups is 1. The molecule has 0 spiro atoms. The van der Waals surface area contributed by atoms with Crippen LogP contribution in [0.5, 0.6) is 0 Å². The highest BCUT2D eigenvalue weighted by atomic mass is 32.2. The summed E-state index contributed by atoms with van der Waals surface area (Å²) in [4.78, 5) is 14.2. The molecule has 2 atom stereocenters. The Morgan fingerprint density at radius 1 is 1.46 bits per heavy atom. The van der Waals surface area contributed by atoms with Crippen LogP contribution in [-0.4, -0.2) is 74.3 Å². The van der Waals surface area contributed by atoms with Crippen molar-refractivity contribution < 1.29 is 23.1 Å². The van der Waals surface area contributed by atoms with Crippen LogP contribution in [0.2, 0.25) is 0 Å². The maximum Gasteiger partial charge on any atom is 0.322 e. The molecule has 0 saturated carbocycles. The normalized spacial score (nSPS) is 20.8. The predicted molar refractivity (Wildman–Crippen MR) is 98.5 cm³/mol. The van der Waals surface area contributed by atoms with Crippen LogP contribution in [-0.2, 0) is 14.8 Å². The van der Waals surface area contributed by atoms with E-state index in [1.165, 1.54) is 29.6 Å². The Hall–Kier alpha value is -1.94. The number of hydrogen-bond acceptors (Lipinski definition) is 5. The Labute approximate surface area is 154 Å². The summed E-state index contributed by atoms with van der Waals surface area (Å²) in [6, 6.07) is 5.54. The number of carbonyl (C=O) groups is 1. The summed E-state index contributed by atoms with van der Waals surface area (Å²) in [5.74, 6) is 0. The smallest absolute Gasteiger partial charge is 0.322 e. The number of aliphatic hydroxyl groups excluding tert-OH is 1. The summed E-state index contributed by atoms with van der Waals surface area (Å²) in [5, 5.41) is 12.0. The zero-order valence-electron chi connectivity index (χ0n) is 15.0. The lowest BCUT2D eigenvalue weighted by molar-refractivity contribution is -0.0611. The standard InChI is InChI=1S/C17H25N3O5S/c1-4-9-19(3)26(23,24)16-7-5-14(6-8-16)18-17(22)20-10-15(11-21)25-12-13(20)2/h4-8,13,15,21H,1,9-12H2,2-3H3,(H,18,22)/t13-,15+/m1/s1. The van der Waals surface area contributed by atoms with E-state index >= 15 is 0 Å². The van der Waals surface area contributed by atoms with Crippen LogP contribution >= 0.6 is 0 Å². The molecule has 2 N–H and O–H groups in total. The summed E-state index contributed by atoms with van der Waals surface area (Å²) in [5.41, 5.74) is 0.486. The maximum absolute atomic E-state index is 12.5. The molecule has 8 nitrogen and oxygen atoms in total. The van der Waals surface area contributed by atoms with E-state index in [9.17, 15) is 18.3 Å². The second kappa shape index (κ2) is 8.63. The molecule has 2 amide bonds. The molecule has 2 rings (SSSR count). The summed E-state index contributed by atoms with van der Waals surface area (Å²) in [6.45, 7) is 6.10.